The van der Waals surface area contributed by atoms with E-state index >= 15 is 0 Å². The summed E-state index contributed by atoms with van der Waals surface area (Å²) in [5.74, 6) is 0. The summed E-state index contributed by atoms with van der Waals surface area (Å²) in [6, 6.07) is 0. The Kier molecular flexibility index (Phi) is 98.6. The SMILES string of the molecule is [I+].[I-].[I-].[K+]. The van der Waals surface area contributed by atoms with Crippen LogP contribution >= 0.6 is 0 Å². The topological polar surface area (TPSA) is 0 Å². The van der Waals surface area contributed by atoms with Gasteiger partial charge in [-0.3, -0.25) is 0 Å². The first kappa shape index (κ1) is 24.9. The fourth-order valence-corrected chi connectivity index (χ4v) is 0. The number of hydrogen-bond acceptors (Lipinski definition) is 0. The van der Waals surface area contributed by atoms with E-state index in [-0.39, 0.29) is 123 Å². The minimum atomic E-state index is 0. The Morgan fingerprint density at radius 1 is 0.750 bits per heavy atom. The van der Waals surface area contributed by atoms with Crippen LogP contribution in [0.25, 0.3) is 0 Å². The van der Waals surface area contributed by atoms with Crippen LogP contribution in [0, 0.1) is 0 Å². The Morgan fingerprint density at radius 3 is 0.750 bits per heavy atom. The molecule has 0 bridgehead atoms. The fraction of sp³-hybridized carbons (Fsp3) is 0. The molecule has 4 heteroatoms. The first-order valence-corrected chi connectivity index (χ1v) is 0. The first-order chi connectivity index (χ1) is 0. The normalized spacial score (nSPS) is 0. The first-order valence-electron chi connectivity index (χ1n) is 0. The molecule has 0 fully saturated rings. The molecule has 4 heavy (non-hydrogen) atoms. The van der Waals surface area contributed by atoms with E-state index < -0.39 is 0 Å². The average molecular weight is 420 g/mol. The van der Waals surface area contributed by atoms with Gasteiger partial charge in [-0.05, 0) is 0 Å². The molecular formula is I3K. The fourth-order valence-electron chi connectivity index (χ4n) is 0. The van der Waals surface area contributed by atoms with E-state index in [1.165, 1.54) is 0 Å². The molecule has 0 rings (SSSR count). The maximum atomic E-state index is 0. The van der Waals surface area contributed by atoms with E-state index in [4.69, 9.17) is 0 Å². The van der Waals surface area contributed by atoms with E-state index in [2.05, 4.69) is 0 Å². The third kappa shape index (κ3) is 9.27. The summed E-state index contributed by atoms with van der Waals surface area (Å²) in [4.78, 5) is 0. The van der Waals surface area contributed by atoms with Gasteiger partial charge in [0.25, 0.3) is 0 Å². The van der Waals surface area contributed by atoms with Gasteiger partial charge in [0.15, 0.2) is 0 Å². The Bertz CT molecular complexity index is 3.25. The van der Waals surface area contributed by atoms with Crippen molar-refractivity contribution in [1.29, 1.82) is 0 Å². The molecule has 0 aliphatic heterocycles. The van der Waals surface area contributed by atoms with Crippen molar-refractivity contribution in [1.82, 2.24) is 0 Å². The second-order valence-corrected chi connectivity index (χ2v) is 0. The van der Waals surface area contributed by atoms with Gasteiger partial charge in [0, 0.05) is 0 Å². The van der Waals surface area contributed by atoms with Crippen LogP contribution in [0.4, 0.5) is 0 Å². The smallest absolute Gasteiger partial charge is 1.00 e. The molecule has 0 heterocycles. The molecule has 0 atom stereocenters. The summed E-state index contributed by atoms with van der Waals surface area (Å²) < 4.78 is 0. The van der Waals surface area contributed by atoms with Crippen molar-refractivity contribution in [2.75, 3.05) is 0 Å². The molecule has 0 nitrogen and oxygen atoms in total. The van der Waals surface area contributed by atoms with Crippen molar-refractivity contribution in [2.24, 2.45) is 0 Å². The minimum absolute atomic E-state index is 0. The van der Waals surface area contributed by atoms with Crippen LogP contribution in [0.3, 0.4) is 0 Å². The molecular weight excluding hydrogens is 420 g/mol. The van der Waals surface area contributed by atoms with Gasteiger partial charge in [-0.1, -0.05) is 0 Å². The zero-order chi connectivity index (χ0) is 0. The molecule has 2 radical (unpaired) electrons. The van der Waals surface area contributed by atoms with Crippen molar-refractivity contribution in [3.05, 3.63) is 0 Å². The maximum absolute atomic E-state index is 0. The molecule has 0 unspecified atom stereocenters. The molecule has 0 spiro atoms. The summed E-state index contributed by atoms with van der Waals surface area (Å²) in [5, 5.41) is 0. The van der Waals surface area contributed by atoms with Crippen LogP contribution in [0.15, 0.2) is 0 Å². The van der Waals surface area contributed by atoms with Gasteiger partial charge in [-0.25, -0.2) is 0 Å². The van der Waals surface area contributed by atoms with Crippen molar-refractivity contribution < 1.29 is 123 Å². The molecule has 0 aliphatic carbocycles. The third-order valence-electron chi connectivity index (χ3n) is 0. The number of hydrogen-bond donors (Lipinski definition) is 0. The van der Waals surface area contributed by atoms with Crippen molar-refractivity contribution in [3.8, 4) is 0 Å². The van der Waals surface area contributed by atoms with Gasteiger partial charge in [-0.15, -0.1) is 0 Å². The summed E-state index contributed by atoms with van der Waals surface area (Å²) in [5.41, 5.74) is 0. The predicted octanol–water partition coefficient (Wildman–Crippen LogP) is -12.0. The average Bonchev–Trinajstić information content (AvgIpc) is 0. The molecule has 0 N–H and O–H groups in total. The van der Waals surface area contributed by atoms with E-state index in [0.29, 0.717) is 0 Å². The van der Waals surface area contributed by atoms with Crippen molar-refractivity contribution in [3.63, 3.8) is 0 Å². The van der Waals surface area contributed by atoms with Crippen LogP contribution in [0.2, 0.25) is 0 Å². The van der Waals surface area contributed by atoms with Crippen molar-refractivity contribution in [2.45, 2.75) is 0 Å². The van der Waals surface area contributed by atoms with E-state index in [0.717, 1.165) is 0 Å². The van der Waals surface area contributed by atoms with E-state index in [9.17, 15) is 0 Å². The van der Waals surface area contributed by atoms with Gasteiger partial charge in [0.05, 0.1) is 0 Å². The predicted molar refractivity (Wildman–Crippen MR) is 0 cm³/mol. The molecule has 0 aromatic rings. The minimum Gasteiger partial charge on any atom is -1.00 e. The third-order valence-corrected chi connectivity index (χ3v) is 0. The number of rotatable bonds is 0. The number of halogens is 3. The van der Waals surface area contributed by atoms with Crippen LogP contribution in [-0.2, 0) is 0 Å². The van der Waals surface area contributed by atoms with Crippen LogP contribution in [-0.4, -0.2) is 0 Å². The van der Waals surface area contributed by atoms with Gasteiger partial charge in [0.2, 0.25) is 0 Å². The van der Waals surface area contributed by atoms with Crippen LogP contribution in [0.5, 0.6) is 0 Å². The maximum Gasteiger partial charge on any atom is 1.00 e. The largest absolute Gasteiger partial charge is 1.00 e. The molecule has 0 saturated carbocycles. The Hall–Kier alpha value is 3.83. The zero-order valence-corrected chi connectivity index (χ0v) is 11.7. The molecule has 0 saturated heterocycles. The monoisotopic (exact) mass is 420 g/mol. The summed E-state index contributed by atoms with van der Waals surface area (Å²) in [7, 11) is 0. The van der Waals surface area contributed by atoms with Gasteiger partial charge >= 0.3 is 75.4 Å². The zero-order valence-electron chi connectivity index (χ0n) is 2.13. The molecule has 0 amide bonds. The summed E-state index contributed by atoms with van der Waals surface area (Å²) >= 11 is 0. The quantitative estimate of drug-likeness (QED) is 0.270. The van der Waals surface area contributed by atoms with Gasteiger partial charge in [-0.2, -0.15) is 0 Å². The summed E-state index contributed by atoms with van der Waals surface area (Å²) in [6.45, 7) is 0. The molecule has 22 valence electrons. The van der Waals surface area contributed by atoms with Crippen LogP contribution in [0.1, 0.15) is 0 Å². The Morgan fingerprint density at radius 2 is 0.750 bits per heavy atom. The standard InChI is InChI=1S/2HI.I.K/h2*1H;;/q;;2*+1/p-2. The molecule has 0 aromatic carbocycles. The second-order valence-electron chi connectivity index (χ2n) is 0. The van der Waals surface area contributed by atoms with Gasteiger partial charge in [0.1, 0.15) is 0 Å². The Labute approximate surface area is 120 Å². The van der Waals surface area contributed by atoms with E-state index in [1.807, 2.05) is 0 Å². The summed E-state index contributed by atoms with van der Waals surface area (Å²) in [6.07, 6.45) is 0. The van der Waals surface area contributed by atoms with Crippen LogP contribution < -0.4 is 123 Å². The van der Waals surface area contributed by atoms with E-state index in [1.54, 1.807) is 0 Å². The molecule has 0 aliphatic rings. The second kappa shape index (κ2) is 15.8. The Balaban J connectivity index is 0. The van der Waals surface area contributed by atoms with Crippen molar-refractivity contribution >= 4 is 0 Å². The molecule has 0 aromatic heterocycles. The van der Waals surface area contributed by atoms with Gasteiger partial charge < -0.3 is 48.0 Å².